The van der Waals surface area contributed by atoms with Crippen LogP contribution in [0, 0.1) is 11.3 Å². The Labute approximate surface area is 194 Å². The summed E-state index contributed by atoms with van der Waals surface area (Å²) in [5.41, 5.74) is 3.65. The molecule has 0 unspecified atom stereocenters. The molecule has 0 bridgehead atoms. The summed E-state index contributed by atoms with van der Waals surface area (Å²) < 4.78 is 12.9. The molecule has 0 aliphatic heterocycles. The third-order valence-electron chi connectivity index (χ3n) is 4.55. The number of anilines is 1. The summed E-state index contributed by atoms with van der Waals surface area (Å²) in [5, 5.41) is 13.4. The number of benzene rings is 2. The summed E-state index contributed by atoms with van der Waals surface area (Å²) in [4.78, 5) is 11.9. The van der Waals surface area contributed by atoms with Gasteiger partial charge in [-0.3, -0.25) is 5.32 Å². The lowest BCUT2D eigenvalue weighted by molar-refractivity contribution is 0.162. The Kier molecular flexibility index (Phi) is 9.42. The van der Waals surface area contributed by atoms with Crippen molar-refractivity contribution < 1.29 is 14.3 Å². The predicted octanol–water partition coefficient (Wildman–Crippen LogP) is 6.71. The van der Waals surface area contributed by atoms with Crippen LogP contribution in [0.4, 0.5) is 10.5 Å². The number of aryl methyl sites for hydroxylation is 1. The zero-order chi connectivity index (χ0) is 23.7. The van der Waals surface area contributed by atoms with E-state index in [0.717, 1.165) is 27.9 Å². The minimum Gasteiger partial charge on any atom is -0.491 e. The smallest absolute Gasteiger partial charge is 0.411 e. The number of nitriles is 1. The zero-order valence-electron chi connectivity index (χ0n) is 19.2. The molecule has 0 atom stereocenters. The number of hydrogen-bond donors (Lipinski definition) is 1. The number of hydrogen-bond acceptors (Lipinski definition) is 4. The molecule has 1 aromatic heterocycles. The van der Waals surface area contributed by atoms with E-state index in [1.54, 1.807) is 6.07 Å². The molecule has 6 nitrogen and oxygen atoms in total. The molecule has 0 saturated carbocycles. The number of aromatic nitrogens is 1. The number of carbonyl (C=O) groups is 1. The maximum Gasteiger partial charge on any atom is 0.411 e. The largest absolute Gasteiger partial charge is 0.491 e. The summed E-state index contributed by atoms with van der Waals surface area (Å²) >= 11 is 5.60. The van der Waals surface area contributed by atoms with E-state index in [1.807, 2.05) is 75.7 Å². The number of nitrogens with zero attached hydrogens (tertiary/aromatic N) is 2. The fourth-order valence-electron chi connectivity index (χ4n) is 3.33. The molecule has 1 amide bonds. The Morgan fingerprint density at radius 1 is 1.22 bits per heavy atom. The van der Waals surface area contributed by atoms with Crippen molar-refractivity contribution in [1.29, 1.82) is 5.26 Å². The Morgan fingerprint density at radius 2 is 1.97 bits per heavy atom. The first-order chi connectivity index (χ1) is 15.4. The summed E-state index contributed by atoms with van der Waals surface area (Å²) in [6.45, 7) is 8.21. The molecule has 0 radical (unpaired) electrons. The third-order valence-corrected chi connectivity index (χ3v) is 4.82. The number of halogens is 1. The highest BCUT2D eigenvalue weighted by Crippen LogP contribution is 2.35. The molecule has 0 spiro atoms. The maximum absolute atomic E-state index is 11.9. The van der Waals surface area contributed by atoms with Gasteiger partial charge in [0.2, 0.25) is 0 Å². The Morgan fingerprint density at radius 3 is 2.62 bits per heavy atom. The van der Waals surface area contributed by atoms with E-state index in [4.69, 9.17) is 21.1 Å². The highest BCUT2D eigenvalue weighted by molar-refractivity contribution is 6.17. The van der Waals surface area contributed by atoms with Gasteiger partial charge in [0.1, 0.15) is 11.8 Å². The molecule has 1 heterocycles. The van der Waals surface area contributed by atoms with Crippen LogP contribution in [-0.2, 0) is 11.8 Å². The van der Waals surface area contributed by atoms with E-state index in [2.05, 4.69) is 11.4 Å². The van der Waals surface area contributed by atoms with Crippen molar-refractivity contribution >= 4 is 34.3 Å². The SMILES string of the molecule is CC.CC(C)Oc1ccc2c(C#N)c(-c3cccc(NC(=O)OCCCCl)c3)n(C)c2c1. The van der Waals surface area contributed by atoms with Crippen LogP contribution in [0.15, 0.2) is 42.5 Å². The molecular weight excluding hydrogens is 426 g/mol. The van der Waals surface area contributed by atoms with E-state index in [9.17, 15) is 10.1 Å². The van der Waals surface area contributed by atoms with Crippen LogP contribution in [-0.4, -0.2) is 29.3 Å². The molecule has 0 saturated heterocycles. The molecule has 170 valence electrons. The van der Waals surface area contributed by atoms with E-state index in [0.29, 0.717) is 23.6 Å². The van der Waals surface area contributed by atoms with Gasteiger partial charge in [-0.25, -0.2) is 4.79 Å². The first-order valence-electron chi connectivity index (χ1n) is 10.7. The second-order valence-corrected chi connectivity index (χ2v) is 7.50. The van der Waals surface area contributed by atoms with Gasteiger partial charge in [-0.15, -0.1) is 11.6 Å². The van der Waals surface area contributed by atoms with E-state index in [1.165, 1.54) is 0 Å². The van der Waals surface area contributed by atoms with Crippen molar-refractivity contribution in [3.8, 4) is 23.1 Å². The topological polar surface area (TPSA) is 76.3 Å². The van der Waals surface area contributed by atoms with Gasteiger partial charge >= 0.3 is 6.09 Å². The van der Waals surface area contributed by atoms with Gasteiger partial charge in [-0.1, -0.05) is 26.0 Å². The highest BCUT2D eigenvalue weighted by atomic mass is 35.5. The minimum absolute atomic E-state index is 0.0598. The number of carbonyl (C=O) groups excluding carboxylic acids is 1. The summed E-state index contributed by atoms with van der Waals surface area (Å²) in [7, 11) is 1.91. The normalized spacial score (nSPS) is 10.3. The molecule has 0 fully saturated rings. The molecule has 0 aliphatic carbocycles. The van der Waals surface area contributed by atoms with E-state index in [-0.39, 0.29) is 12.7 Å². The van der Waals surface area contributed by atoms with Gasteiger partial charge in [0.15, 0.2) is 0 Å². The van der Waals surface area contributed by atoms with Crippen molar-refractivity contribution in [1.82, 2.24) is 4.57 Å². The molecular formula is C25H30ClN3O3. The van der Waals surface area contributed by atoms with Crippen LogP contribution in [0.5, 0.6) is 5.75 Å². The van der Waals surface area contributed by atoms with Crippen molar-refractivity contribution in [3.63, 3.8) is 0 Å². The number of nitrogens with one attached hydrogen (secondary N) is 1. The molecule has 0 aliphatic rings. The van der Waals surface area contributed by atoms with Gasteiger partial charge in [0, 0.05) is 35.6 Å². The number of rotatable bonds is 7. The summed E-state index contributed by atoms with van der Waals surface area (Å²) in [5.74, 6) is 1.19. The highest BCUT2D eigenvalue weighted by Gasteiger charge is 2.18. The summed E-state index contributed by atoms with van der Waals surface area (Å²) in [6.07, 6.45) is 0.119. The third kappa shape index (κ3) is 5.95. The average Bonchev–Trinajstić information content (AvgIpc) is 3.06. The van der Waals surface area contributed by atoms with Crippen LogP contribution < -0.4 is 10.1 Å². The lowest BCUT2D eigenvalue weighted by Gasteiger charge is -2.11. The average molecular weight is 456 g/mol. The second-order valence-electron chi connectivity index (χ2n) is 7.12. The number of ether oxygens (including phenoxy) is 2. The number of amides is 1. The minimum atomic E-state index is -0.537. The summed E-state index contributed by atoms with van der Waals surface area (Å²) in [6, 6.07) is 15.4. The number of alkyl halides is 1. The van der Waals surface area contributed by atoms with Gasteiger partial charge in [-0.05, 0) is 44.5 Å². The first-order valence-corrected chi connectivity index (χ1v) is 11.3. The van der Waals surface area contributed by atoms with E-state index < -0.39 is 6.09 Å². The molecule has 1 N–H and O–H groups in total. The van der Waals surface area contributed by atoms with Gasteiger partial charge < -0.3 is 14.0 Å². The molecule has 7 heteroatoms. The van der Waals surface area contributed by atoms with Crippen LogP contribution in [0.1, 0.15) is 39.7 Å². The van der Waals surface area contributed by atoms with Gasteiger partial charge in [0.25, 0.3) is 0 Å². The molecule has 3 aromatic rings. The van der Waals surface area contributed by atoms with Crippen LogP contribution >= 0.6 is 11.6 Å². The van der Waals surface area contributed by atoms with Crippen LogP contribution in [0.25, 0.3) is 22.2 Å². The van der Waals surface area contributed by atoms with Crippen molar-refractivity contribution in [3.05, 3.63) is 48.0 Å². The van der Waals surface area contributed by atoms with Crippen molar-refractivity contribution in [2.45, 2.75) is 40.2 Å². The Bertz CT molecular complexity index is 1100. The van der Waals surface area contributed by atoms with Crippen molar-refractivity contribution in [2.24, 2.45) is 7.05 Å². The lowest BCUT2D eigenvalue weighted by Crippen LogP contribution is -2.14. The fourth-order valence-corrected chi connectivity index (χ4v) is 3.44. The quantitative estimate of drug-likeness (QED) is 0.317. The van der Waals surface area contributed by atoms with Crippen LogP contribution in [0.2, 0.25) is 0 Å². The standard InChI is InChI=1S/C23H24ClN3O3.C2H6/c1-15(2)30-18-8-9-19-20(14-25)22(27(3)21(19)13-18)16-6-4-7-17(12-16)26-23(28)29-11-5-10-24;1-2/h4,6-9,12-13,15H,5,10-11H2,1-3H3,(H,26,28);1-2H3. The number of fused-ring (bicyclic) bond motifs is 1. The molecule has 2 aromatic carbocycles. The molecule has 32 heavy (non-hydrogen) atoms. The monoisotopic (exact) mass is 455 g/mol. The lowest BCUT2D eigenvalue weighted by atomic mass is 10.1. The Balaban J connectivity index is 0.00000176. The van der Waals surface area contributed by atoms with Crippen molar-refractivity contribution in [2.75, 3.05) is 17.8 Å². The van der Waals surface area contributed by atoms with Gasteiger partial charge in [0.05, 0.1) is 29.5 Å². The zero-order valence-corrected chi connectivity index (χ0v) is 20.0. The second kappa shape index (κ2) is 12.0. The predicted molar refractivity (Wildman–Crippen MR) is 130 cm³/mol. The van der Waals surface area contributed by atoms with Crippen LogP contribution in [0.3, 0.4) is 0 Å². The van der Waals surface area contributed by atoms with E-state index >= 15 is 0 Å². The first kappa shape index (κ1) is 25.1. The molecule has 3 rings (SSSR count). The fraction of sp³-hybridized carbons (Fsp3) is 0.360. The maximum atomic E-state index is 11.9. The Hall–Kier alpha value is -3.17. The van der Waals surface area contributed by atoms with Gasteiger partial charge in [-0.2, -0.15) is 5.26 Å².